The van der Waals surface area contributed by atoms with E-state index in [-0.39, 0.29) is 17.2 Å². The number of amides is 1. The molecule has 152 valence electrons. The Balaban J connectivity index is 2.22. The van der Waals surface area contributed by atoms with E-state index < -0.39 is 11.9 Å². The number of carbonyl (C=O) groups is 2. The first-order valence-electron chi connectivity index (χ1n) is 8.73. The average Bonchev–Trinajstić information content (AvgIpc) is 3.00. The Labute approximate surface area is 173 Å². The number of rotatable bonds is 8. The lowest BCUT2D eigenvalue weighted by molar-refractivity contribution is 0.0531. The summed E-state index contributed by atoms with van der Waals surface area (Å²) in [5.41, 5.74) is 0.774. The van der Waals surface area contributed by atoms with Gasteiger partial charge in [0.1, 0.15) is 4.88 Å². The number of anilines is 1. The first-order valence-corrected chi connectivity index (χ1v) is 9.92. The Morgan fingerprint density at radius 3 is 2.64 bits per heavy atom. The van der Waals surface area contributed by atoms with Gasteiger partial charge in [-0.2, -0.15) is 0 Å². The second-order valence-electron chi connectivity index (χ2n) is 6.30. The van der Waals surface area contributed by atoms with Gasteiger partial charge in [-0.05, 0) is 31.9 Å². The highest BCUT2D eigenvalue weighted by Gasteiger charge is 2.20. The Morgan fingerprint density at radius 1 is 1.32 bits per heavy atom. The second-order valence-corrected chi connectivity index (χ2v) is 7.71. The van der Waals surface area contributed by atoms with Crippen molar-refractivity contribution < 1.29 is 23.8 Å². The lowest BCUT2D eigenvalue weighted by Gasteiger charge is -2.15. The maximum atomic E-state index is 12.6. The molecule has 0 aliphatic rings. The van der Waals surface area contributed by atoms with Gasteiger partial charge >= 0.3 is 5.97 Å². The number of carbonyl (C=O) groups excluding carboxylic acids is 2. The van der Waals surface area contributed by atoms with E-state index in [9.17, 15) is 9.59 Å². The van der Waals surface area contributed by atoms with Crippen molar-refractivity contribution in [2.75, 3.05) is 25.6 Å². The number of hydrogen-bond acceptors (Lipinski definition) is 7. The molecule has 1 amide bonds. The van der Waals surface area contributed by atoms with Crippen LogP contribution in [0.4, 0.5) is 5.13 Å². The molecule has 0 atom stereocenters. The van der Waals surface area contributed by atoms with Gasteiger partial charge in [0.05, 0.1) is 31.0 Å². The summed E-state index contributed by atoms with van der Waals surface area (Å²) < 4.78 is 16.0. The summed E-state index contributed by atoms with van der Waals surface area (Å²) >= 11 is 7.34. The predicted molar refractivity (Wildman–Crippen MR) is 109 cm³/mol. The highest BCUT2D eigenvalue weighted by molar-refractivity contribution is 7.17. The summed E-state index contributed by atoms with van der Waals surface area (Å²) in [6.07, 6.45) is 0. The third-order valence-electron chi connectivity index (χ3n) is 3.53. The van der Waals surface area contributed by atoms with Crippen LogP contribution in [-0.2, 0) is 4.74 Å². The van der Waals surface area contributed by atoms with Crippen molar-refractivity contribution in [3.8, 4) is 11.5 Å². The van der Waals surface area contributed by atoms with E-state index in [1.165, 1.54) is 13.2 Å². The SMILES string of the molecule is CCOC(=O)c1sc(NC(=O)c2cc(Cl)c(OCC(C)C)c(OC)c2)nc1C. The summed E-state index contributed by atoms with van der Waals surface area (Å²) in [5.74, 6) is 0.171. The standard InChI is InChI=1S/C19H23ClN2O5S/c1-6-26-18(24)16-11(4)21-19(28-16)22-17(23)12-7-13(20)15(14(8-12)25-5)27-9-10(2)3/h7-8,10H,6,9H2,1-5H3,(H,21,22,23). The van der Waals surface area contributed by atoms with Crippen LogP contribution < -0.4 is 14.8 Å². The second kappa shape index (κ2) is 9.75. The van der Waals surface area contributed by atoms with Crippen molar-refractivity contribution in [3.63, 3.8) is 0 Å². The topological polar surface area (TPSA) is 86.8 Å². The van der Waals surface area contributed by atoms with E-state index in [1.54, 1.807) is 19.9 Å². The van der Waals surface area contributed by atoms with E-state index >= 15 is 0 Å². The summed E-state index contributed by atoms with van der Waals surface area (Å²) in [4.78, 5) is 29.1. The molecular weight excluding hydrogens is 404 g/mol. The molecule has 0 aliphatic carbocycles. The molecule has 28 heavy (non-hydrogen) atoms. The van der Waals surface area contributed by atoms with Crippen molar-refractivity contribution in [3.05, 3.63) is 33.3 Å². The van der Waals surface area contributed by atoms with Gasteiger partial charge in [0.25, 0.3) is 5.91 Å². The van der Waals surface area contributed by atoms with Crippen molar-refractivity contribution in [2.24, 2.45) is 5.92 Å². The predicted octanol–water partition coefficient (Wildman–Crippen LogP) is 4.58. The number of aromatic nitrogens is 1. The zero-order valence-electron chi connectivity index (χ0n) is 16.4. The minimum Gasteiger partial charge on any atom is -0.493 e. The Hall–Kier alpha value is -2.32. The van der Waals surface area contributed by atoms with E-state index in [2.05, 4.69) is 10.3 Å². The molecular formula is C19H23ClN2O5S. The smallest absolute Gasteiger partial charge is 0.350 e. The number of ether oxygens (including phenoxy) is 3. The van der Waals surface area contributed by atoms with Gasteiger partial charge in [0.2, 0.25) is 0 Å². The van der Waals surface area contributed by atoms with Crippen molar-refractivity contribution in [1.82, 2.24) is 4.98 Å². The fraction of sp³-hybridized carbons (Fsp3) is 0.421. The number of hydrogen-bond donors (Lipinski definition) is 1. The number of halogens is 1. The summed E-state index contributed by atoms with van der Waals surface area (Å²) in [6, 6.07) is 3.05. The van der Waals surface area contributed by atoms with E-state index in [0.29, 0.717) is 39.7 Å². The number of benzene rings is 1. The van der Waals surface area contributed by atoms with Gasteiger partial charge in [-0.15, -0.1) is 0 Å². The molecule has 0 radical (unpaired) electrons. The van der Waals surface area contributed by atoms with Gasteiger partial charge in [0, 0.05) is 5.56 Å². The van der Waals surface area contributed by atoms with E-state index in [1.807, 2.05) is 13.8 Å². The zero-order valence-corrected chi connectivity index (χ0v) is 18.0. The number of aryl methyl sites for hydroxylation is 1. The normalized spacial score (nSPS) is 10.7. The molecule has 0 fully saturated rings. The number of esters is 1. The number of thiazole rings is 1. The number of methoxy groups -OCH3 is 1. The van der Waals surface area contributed by atoms with E-state index in [0.717, 1.165) is 11.3 Å². The van der Waals surface area contributed by atoms with Crippen molar-refractivity contribution in [1.29, 1.82) is 0 Å². The molecule has 0 unspecified atom stereocenters. The molecule has 0 saturated carbocycles. The molecule has 0 saturated heterocycles. The maximum Gasteiger partial charge on any atom is 0.350 e. The van der Waals surface area contributed by atoms with Crippen LogP contribution in [-0.4, -0.2) is 37.2 Å². The van der Waals surface area contributed by atoms with Crippen LogP contribution in [0.3, 0.4) is 0 Å². The fourth-order valence-corrected chi connectivity index (χ4v) is 3.37. The highest BCUT2D eigenvalue weighted by atomic mass is 35.5. The quantitative estimate of drug-likeness (QED) is 0.622. The molecule has 2 aromatic rings. The van der Waals surface area contributed by atoms with Crippen molar-refractivity contribution in [2.45, 2.75) is 27.7 Å². The van der Waals surface area contributed by atoms with Crippen LogP contribution in [0.1, 0.15) is 46.5 Å². The third kappa shape index (κ3) is 5.36. The van der Waals surface area contributed by atoms with Crippen LogP contribution in [0.25, 0.3) is 0 Å². The van der Waals surface area contributed by atoms with Crippen LogP contribution in [0.15, 0.2) is 12.1 Å². The van der Waals surface area contributed by atoms with Crippen LogP contribution >= 0.6 is 22.9 Å². The zero-order chi connectivity index (χ0) is 20.8. The number of nitrogens with one attached hydrogen (secondary N) is 1. The van der Waals surface area contributed by atoms with Gasteiger partial charge in [-0.3, -0.25) is 10.1 Å². The van der Waals surface area contributed by atoms with E-state index in [4.69, 9.17) is 25.8 Å². The third-order valence-corrected chi connectivity index (χ3v) is 4.86. The van der Waals surface area contributed by atoms with Crippen LogP contribution in [0, 0.1) is 12.8 Å². The molecule has 0 spiro atoms. The molecule has 0 aliphatic heterocycles. The summed E-state index contributed by atoms with van der Waals surface area (Å²) in [7, 11) is 1.48. The molecule has 1 aromatic heterocycles. The van der Waals surface area contributed by atoms with Crippen molar-refractivity contribution >= 4 is 39.9 Å². The molecule has 1 aromatic carbocycles. The Bertz CT molecular complexity index is 866. The Morgan fingerprint density at radius 2 is 2.04 bits per heavy atom. The maximum absolute atomic E-state index is 12.6. The molecule has 0 bridgehead atoms. The van der Waals surface area contributed by atoms with Gasteiger partial charge < -0.3 is 14.2 Å². The van der Waals surface area contributed by atoms with Crippen LogP contribution in [0.5, 0.6) is 11.5 Å². The lowest BCUT2D eigenvalue weighted by Crippen LogP contribution is -2.13. The average molecular weight is 427 g/mol. The fourth-order valence-electron chi connectivity index (χ4n) is 2.25. The molecule has 9 heteroatoms. The first kappa shape index (κ1) is 22.0. The van der Waals surface area contributed by atoms with Gasteiger partial charge in [-0.1, -0.05) is 36.8 Å². The Kier molecular flexibility index (Phi) is 7.65. The first-order chi connectivity index (χ1) is 13.3. The number of nitrogens with zero attached hydrogens (tertiary/aromatic N) is 1. The largest absolute Gasteiger partial charge is 0.493 e. The molecule has 1 heterocycles. The summed E-state index contributed by atoms with van der Waals surface area (Å²) in [6.45, 7) is 8.17. The summed E-state index contributed by atoms with van der Waals surface area (Å²) in [5, 5.41) is 3.23. The van der Waals surface area contributed by atoms with Gasteiger partial charge in [0.15, 0.2) is 16.6 Å². The molecule has 2 rings (SSSR count). The molecule has 7 nitrogen and oxygen atoms in total. The molecule has 1 N–H and O–H groups in total. The monoisotopic (exact) mass is 426 g/mol. The highest BCUT2D eigenvalue weighted by Crippen LogP contribution is 2.37. The van der Waals surface area contributed by atoms with Crippen LogP contribution in [0.2, 0.25) is 5.02 Å². The van der Waals surface area contributed by atoms with Gasteiger partial charge in [-0.25, -0.2) is 9.78 Å². The lowest BCUT2D eigenvalue weighted by atomic mass is 10.2. The minimum absolute atomic E-state index is 0.265. The minimum atomic E-state index is -0.464.